The summed E-state index contributed by atoms with van der Waals surface area (Å²) < 4.78 is 26.6. The standard InChI is InChI=1S/C26H22FN3O5/c1-34-19-5-2-4-17-14-20(35-25(17)19)23(31)21-22(16-6-8-18(27)9-7-16)30(26(33)24(21)32)12-3-11-29-13-10-28-15-29/h2,4-10,13-15,22H,3,11-12H2,1H3,(H,31,32). The van der Waals surface area contributed by atoms with Gasteiger partial charge in [-0.2, -0.15) is 0 Å². The topological polar surface area (TPSA) is 102 Å². The number of imidazole rings is 1. The zero-order chi connectivity index (χ0) is 24.5. The largest absolute Gasteiger partial charge is 0.868 e. The molecule has 178 valence electrons. The van der Waals surface area contributed by atoms with Gasteiger partial charge in [-0.25, -0.2) is 8.96 Å². The molecule has 1 amide bonds. The number of amides is 1. The van der Waals surface area contributed by atoms with Crippen molar-refractivity contribution in [2.45, 2.75) is 19.0 Å². The lowest BCUT2D eigenvalue weighted by atomic mass is 9.95. The maximum Gasteiger partial charge on any atom is 0.241 e. The van der Waals surface area contributed by atoms with Gasteiger partial charge >= 0.3 is 0 Å². The number of rotatable bonds is 8. The van der Waals surface area contributed by atoms with Crippen LogP contribution in [0.5, 0.6) is 5.75 Å². The fourth-order valence-corrected chi connectivity index (χ4v) is 4.42. The molecule has 2 aromatic heterocycles. The van der Waals surface area contributed by atoms with Gasteiger partial charge in [-0.05, 0) is 35.6 Å². The van der Waals surface area contributed by atoms with E-state index < -0.39 is 29.3 Å². The van der Waals surface area contributed by atoms with Crippen molar-refractivity contribution in [3.8, 4) is 5.75 Å². The van der Waals surface area contributed by atoms with Crippen LogP contribution in [0.1, 0.15) is 28.6 Å². The van der Waals surface area contributed by atoms with E-state index in [0.29, 0.717) is 35.2 Å². The first-order valence-corrected chi connectivity index (χ1v) is 11.1. The van der Waals surface area contributed by atoms with Crippen molar-refractivity contribution < 1.29 is 32.8 Å². The number of hydrogen-bond acceptors (Lipinski definition) is 5. The third-order valence-electron chi connectivity index (χ3n) is 6.08. The number of nitrogens with one attached hydrogen (secondary N) is 1. The maximum absolute atomic E-state index is 13.6. The van der Waals surface area contributed by atoms with Crippen molar-refractivity contribution in [3.05, 3.63) is 95.7 Å². The van der Waals surface area contributed by atoms with Gasteiger partial charge < -0.3 is 19.2 Å². The molecule has 8 nitrogen and oxygen atoms in total. The highest BCUT2D eigenvalue weighted by Crippen LogP contribution is 2.39. The second kappa shape index (κ2) is 9.09. The molecule has 2 aromatic carbocycles. The van der Waals surface area contributed by atoms with Gasteiger partial charge in [0.2, 0.25) is 18.0 Å². The highest BCUT2D eigenvalue weighted by molar-refractivity contribution is 6.15. The molecule has 1 N–H and O–H groups in total. The first kappa shape index (κ1) is 22.4. The van der Waals surface area contributed by atoms with E-state index in [0.717, 1.165) is 0 Å². The van der Waals surface area contributed by atoms with E-state index in [1.165, 1.54) is 42.3 Å². The minimum atomic E-state index is -0.950. The van der Waals surface area contributed by atoms with Crippen LogP contribution in [0.2, 0.25) is 0 Å². The SMILES string of the molecule is COc1cccc2cc(C(=O)C3=C([O-])C(=O)N(CCC[n+]4cc[nH]c4)C3c3ccc(F)cc3)oc12. The fourth-order valence-electron chi connectivity index (χ4n) is 4.42. The Hall–Kier alpha value is -4.40. The number of aromatic amines is 1. The molecular formula is C26H22FN3O5. The number of para-hydroxylation sites is 1. The van der Waals surface area contributed by atoms with Gasteiger partial charge in [0.1, 0.15) is 18.2 Å². The zero-order valence-electron chi connectivity index (χ0n) is 18.9. The first-order chi connectivity index (χ1) is 17.0. The minimum absolute atomic E-state index is 0.0718. The van der Waals surface area contributed by atoms with E-state index in [-0.39, 0.29) is 17.9 Å². The minimum Gasteiger partial charge on any atom is -0.868 e. The Bertz CT molecular complexity index is 1420. The molecule has 0 aliphatic carbocycles. The fraction of sp³-hybridized carbons (Fsp3) is 0.192. The van der Waals surface area contributed by atoms with Crippen molar-refractivity contribution in [3.63, 3.8) is 0 Å². The lowest BCUT2D eigenvalue weighted by Crippen LogP contribution is -2.37. The quantitative estimate of drug-likeness (QED) is 0.312. The number of Topliss-reactive ketones (excluding diaryl/α,β-unsaturated/α-hetero) is 1. The van der Waals surface area contributed by atoms with Crippen molar-refractivity contribution >= 4 is 22.7 Å². The highest BCUT2D eigenvalue weighted by atomic mass is 19.1. The number of furan rings is 1. The third kappa shape index (κ3) is 4.05. The predicted molar refractivity (Wildman–Crippen MR) is 121 cm³/mol. The molecule has 5 rings (SSSR count). The van der Waals surface area contributed by atoms with E-state index in [4.69, 9.17) is 9.15 Å². The number of H-pyrrole nitrogens is 1. The number of halogens is 1. The van der Waals surface area contributed by atoms with Crippen molar-refractivity contribution in [2.24, 2.45) is 0 Å². The molecule has 1 atom stereocenters. The molecule has 1 aliphatic heterocycles. The highest BCUT2D eigenvalue weighted by Gasteiger charge is 2.40. The third-order valence-corrected chi connectivity index (χ3v) is 6.08. The summed E-state index contributed by atoms with van der Waals surface area (Å²) in [5, 5.41) is 13.7. The average Bonchev–Trinajstić information content (AvgIpc) is 3.59. The molecule has 0 saturated heterocycles. The van der Waals surface area contributed by atoms with E-state index >= 15 is 0 Å². The van der Waals surface area contributed by atoms with Crippen LogP contribution >= 0.6 is 0 Å². The molecule has 0 radical (unpaired) electrons. The molecule has 35 heavy (non-hydrogen) atoms. The van der Waals surface area contributed by atoms with Crippen LogP contribution in [0, 0.1) is 5.82 Å². The number of ketones is 1. The van der Waals surface area contributed by atoms with Gasteiger partial charge in [-0.15, -0.1) is 0 Å². The normalized spacial score (nSPS) is 15.9. The Morgan fingerprint density at radius 3 is 2.77 bits per heavy atom. The number of methoxy groups -OCH3 is 1. The Morgan fingerprint density at radius 1 is 1.26 bits per heavy atom. The second-order valence-electron chi connectivity index (χ2n) is 8.22. The lowest BCUT2D eigenvalue weighted by Gasteiger charge is -2.27. The summed E-state index contributed by atoms with van der Waals surface area (Å²) in [6.07, 6.45) is 5.96. The van der Waals surface area contributed by atoms with Crippen LogP contribution in [0.25, 0.3) is 11.0 Å². The number of aryl methyl sites for hydroxylation is 1. The van der Waals surface area contributed by atoms with Crippen LogP contribution in [-0.4, -0.2) is 35.2 Å². The van der Waals surface area contributed by atoms with Crippen molar-refractivity contribution in [2.75, 3.05) is 13.7 Å². The van der Waals surface area contributed by atoms with Crippen LogP contribution < -0.4 is 14.4 Å². The summed E-state index contributed by atoms with van der Waals surface area (Å²) in [4.78, 5) is 30.9. The van der Waals surface area contributed by atoms with E-state index in [1.54, 1.807) is 30.7 Å². The number of aromatic nitrogens is 2. The van der Waals surface area contributed by atoms with Crippen molar-refractivity contribution in [1.29, 1.82) is 0 Å². The predicted octanol–water partition coefficient (Wildman–Crippen LogP) is 2.67. The summed E-state index contributed by atoms with van der Waals surface area (Å²) >= 11 is 0. The van der Waals surface area contributed by atoms with Gasteiger partial charge in [0, 0.05) is 23.9 Å². The van der Waals surface area contributed by atoms with Crippen molar-refractivity contribution in [1.82, 2.24) is 9.88 Å². The molecule has 1 unspecified atom stereocenters. The van der Waals surface area contributed by atoms with Gasteiger partial charge in [-0.1, -0.05) is 24.3 Å². The summed E-state index contributed by atoms with van der Waals surface area (Å²) in [6, 6.07) is 11.2. The maximum atomic E-state index is 13.6. The summed E-state index contributed by atoms with van der Waals surface area (Å²) in [6.45, 7) is 0.833. The smallest absolute Gasteiger partial charge is 0.241 e. The van der Waals surface area contributed by atoms with Crippen LogP contribution in [0.4, 0.5) is 4.39 Å². The molecule has 9 heteroatoms. The number of hydrogen-bond donors (Lipinski definition) is 1. The van der Waals surface area contributed by atoms with Gasteiger partial charge in [-0.3, -0.25) is 14.6 Å². The molecule has 0 fully saturated rings. The molecule has 3 heterocycles. The van der Waals surface area contributed by atoms with Crippen LogP contribution in [0.3, 0.4) is 0 Å². The monoisotopic (exact) mass is 475 g/mol. The molecule has 4 aromatic rings. The number of nitrogens with zero attached hydrogens (tertiary/aromatic N) is 2. The molecular weight excluding hydrogens is 453 g/mol. The zero-order valence-corrected chi connectivity index (χ0v) is 18.9. The molecule has 0 bridgehead atoms. The van der Waals surface area contributed by atoms with Gasteiger partial charge in [0.05, 0.1) is 19.7 Å². The molecule has 0 spiro atoms. The lowest BCUT2D eigenvalue weighted by molar-refractivity contribution is -0.695. The van der Waals surface area contributed by atoms with Crippen LogP contribution in [-0.2, 0) is 11.3 Å². The Balaban J connectivity index is 1.51. The van der Waals surface area contributed by atoms with Gasteiger partial charge in [0.15, 0.2) is 17.1 Å². The van der Waals surface area contributed by atoms with E-state index in [9.17, 15) is 19.1 Å². The van der Waals surface area contributed by atoms with E-state index in [2.05, 4.69) is 4.98 Å². The summed E-state index contributed by atoms with van der Waals surface area (Å²) in [7, 11) is 1.49. The number of fused-ring (bicyclic) bond motifs is 1. The second-order valence-corrected chi connectivity index (χ2v) is 8.22. The number of benzene rings is 2. The number of carbonyl (C=O) groups is 2. The van der Waals surface area contributed by atoms with Crippen LogP contribution in [0.15, 0.2) is 83.0 Å². The van der Waals surface area contributed by atoms with Gasteiger partial charge in [0.25, 0.3) is 0 Å². The summed E-state index contributed by atoms with van der Waals surface area (Å²) in [5.41, 5.74) is 0.625. The number of ether oxygens (including phenoxy) is 1. The number of carbonyl (C=O) groups excluding carboxylic acids is 2. The molecule has 1 aliphatic rings. The Morgan fingerprint density at radius 2 is 2.06 bits per heavy atom. The first-order valence-electron chi connectivity index (χ1n) is 11.1. The Kier molecular flexibility index (Phi) is 5.82. The van der Waals surface area contributed by atoms with E-state index in [1.807, 2.05) is 10.8 Å². The Labute approximate surface area is 199 Å². The average molecular weight is 475 g/mol. The molecule has 0 saturated carbocycles. The summed E-state index contributed by atoms with van der Waals surface area (Å²) in [5.74, 6) is -2.42.